The van der Waals surface area contributed by atoms with E-state index >= 15 is 0 Å². The summed E-state index contributed by atoms with van der Waals surface area (Å²) in [4.78, 5) is 12.5. The van der Waals surface area contributed by atoms with Gasteiger partial charge in [-0.3, -0.25) is 4.79 Å². The summed E-state index contributed by atoms with van der Waals surface area (Å²) in [5.41, 5.74) is 3.19. The molecule has 2 N–H and O–H groups in total. The van der Waals surface area contributed by atoms with Crippen LogP contribution in [0.25, 0.3) is 0 Å². The predicted molar refractivity (Wildman–Crippen MR) is 100 cm³/mol. The zero-order chi connectivity index (χ0) is 18.4. The van der Waals surface area contributed by atoms with E-state index in [0.29, 0.717) is 12.1 Å². The fraction of sp³-hybridized carbons (Fsp3) is 0.316. The Balaban J connectivity index is 2.11. The molecule has 6 heteroatoms. The molecule has 134 valence electrons. The van der Waals surface area contributed by atoms with Gasteiger partial charge < -0.3 is 5.32 Å². The SMILES string of the molecule is CCCCNS(=O)(=O)c1ccc(C(=O)Nc2cc(C)ccc2C)cc1. The maximum Gasteiger partial charge on any atom is 0.255 e. The van der Waals surface area contributed by atoms with Crippen LogP contribution in [0.15, 0.2) is 47.4 Å². The van der Waals surface area contributed by atoms with Crippen molar-refractivity contribution in [2.24, 2.45) is 0 Å². The Morgan fingerprint density at radius 3 is 2.36 bits per heavy atom. The second-order valence-electron chi connectivity index (χ2n) is 6.05. The summed E-state index contributed by atoms with van der Waals surface area (Å²) in [5, 5.41) is 2.86. The van der Waals surface area contributed by atoms with Gasteiger partial charge in [0.25, 0.3) is 5.91 Å². The molecule has 0 aromatic heterocycles. The van der Waals surface area contributed by atoms with Crippen molar-refractivity contribution in [3.8, 4) is 0 Å². The van der Waals surface area contributed by atoms with Gasteiger partial charge in [0, 0.05) is 17.8 Å². The van der Waals surface area contributed by atoms with Crippen LogP contribution in [-0.4, -0.2) is 20.9 Å². The Bertz CT molecular complexity index is 843. The van der Waals surface area contributed by atoms with E-state index in [1.54, 1.807) is 0 Å². The number of rotatable bonds is 7. The van der Waals surface area contributed by atoms with E-state index in [0.717, 1.165) is 29.7 Å². The first-order chi connectivity index (χ1) is 11.8. The van der Waals surface area contributed by atoms with Crippen molar-refractivity contribution in [2.75, 3.05) is 11.9 Å². The number of hydrogen-bond acceptors (Lipinski definition) is 3. The number of carbonyl (C=O) groups is 1. The van der Waals surface area contributed by atoms with Crippen LogP contribution in [0, 0.1) is 13.8 Å². The Morgan fingerprint density at radius 2 is 1.72 bits per heavy atom. The summed E-state index contributed by atoms with van der Waals surface area (Å²) in [6.07, 6.45) is 1.70. The molecule has 0 atom stereocenters. The monoisotopic (exact) mass is 360 g/mol. The first-order valence-corrected chi connectivity index (χ1v) is 9.80. The first kappa shape index (κ1) is 19.1. The van der Waals surface area contributed by atoms with Crippen molar-refractivity contribution < 1.29 is 13.2 Å². The summed E-state index contributed by atoms with van der Waals surface area (Å²) >= 11 is 0. The molecule has 0 heterocycles. The van der Waals surface area contributed by atoms with Crippen molar-refractivity contribution >= 4 is 21.6 Å². The lowest BCUT2D eigenvalue weighted by Crippen LogP contribution is -2.24. The highest BCUT2D eigenvalue weighted by atomic mass is 32.2. The van der Waals surface area contributed by atoms with E-state index in [1.807, 2.05) is 39.0 Å². The van der Waals surface area contributed by atoms with Gasteiger partial charge in [-0.1, -0.05) is 25.5 Å². The molecule has 2 rings (SSSR count). The molecule has 2 aromatic carbocycles. The summed E-state index contributed by atoms with van der Waals surface area (Å²) < 4.78 is 26.8. The van der Waals surface area contributed by atoms with Crippen LogP contribution >= 0.6 is 0 Å². The van der Waals surface area contributed by atoms with Crippen LogP contribution in [0.3, 0.4) is 0 Å². The van der Waals surface area contributed by atoms with E-state index in [-0.39, 0.29) is 10.8 Å². The highest BCUT2D eigenvalue weighted by molar-refractivity contribution is 7.89. The van der Waals surface area contributed by atoms with E-state index in [1.165, 1.54) is 24.3 Å². The number of amides is 1. The predicted octanol–water partition coefficient (Wildman–Crippen LogP) is 3.63. The number of carbonyl (C=O) groups excluding carboxylic acids is 1. The van der Waals surface area contributed by atoms with Crippen LogP contribution in [0.1, 0.15) is 41.3 Å². The third kappa shape index (κ3) is 5.14. The Labute approximate surface area is 149 Å². The van der Waals surface area contributed by atoms with Gasteiger partial charge in [0.05, 0.1) is 4.90 Å². The topological polar surface area (TPSA) is 75.3 Å². The number of benzene rings is 2. The largest absolute Gasteiger partial charge is 0.322 e. The highest BCUT2D eigenvalue weighted by Crippen LogP contribution is 2.18. The van der Waals surface area contributed by atoms with Gasteiger partial charge in [0.1, 0.15) is 0 Å². The fourth-order valence-electron chi connectivity index (χ4n) is 2.32. The summed E-state index contributed by atoms with van der Waals surface area (Å²) in [6, 6.07) is 11.8. The summed E-state index contributed by atoms with van der Waals surface area (Å²) in [6.45, 7) is 6.29. The Kier molecular flexibility index (Phi) is 6.33. The van der Waals surface area contributed by atoms with Crippen LogP contribution in [-0.2, 0) is 10.0 Å². The van der Waals surface area contributed by atoms with Gasteiger partial charge in [0.15, 0.2) is 0 Å². The number of hydrogen-bond donors (Lipinski definition) is 2. The molecule has 0 aliphatic rings. The molecule has 2 aromatic rings. The normalized spacial score (nSPS) is 11.3. The number of unbranched alkanes of at least 4 members (excludes halogenated alkanes) is 1. The van der Waals surface area contributed by atoms with Gasteiger partial charge in [-0.25, -0.2) is 13.1 Å². The van der Waals surface area contributed by atoms with Crippen LogP contribution in [0.5, 0.6) is 0 Å². The molecular formula is C19H24N2O3S. The first-order valence-electron chi connectivity index (χ1n) is 8.32. The van der Waals surface area contributed by atoms with E-state index in [2.05, 4.69) is 10.0 Å². The van der Waals surface area contributed by atoms with E-state index < -0.39 is 10.0 Å². The second kappa shape index (κ2) is 8.27. The molecule has 0 fully saturated rings. The minimum absolute atomic E-state index is 0.159. The quantitative estimate of drug-likeness (QED) is 0.740. The Morgan fingerprint density at radius 1 is 1.04 bits per heavy atom. The molecule has 1 amide bonds. The third-order valence-corrected chi connectivity index (χ3v) is 5.37. The third-order valence-electron chi connectivity index (χ3n) is 3.89. The van der Waals surface area contributed by atoms with Gasteiger partial charge in [-0.2, -0.15) is 0 Å². The molecule has 25 heavy (non-hydrogen) atoms. The molecule has 0 saturated heterocycles. The average molecular weight is 360 g/mol. The molecule has 0 aliphatic carbocycles. The molecule has 0 aliphatic heterocycles. The lowest BCUT2D eigenvalue weighted by molar-refractivity contribution is 0.102. The molecular weight excluding hydrogens is 336 g/mol. The zero-order valence-electron chi connectivity index (χ0n) is 14.8. The Hall–Kier alpha value is -2.18. The van der Waals surface area contributed by atoms with Crippen LogP contribution < -0.4 is 10.0 Å². The molecule has 0 unspecified atom stereocenters. The number of aryl methyl sites for hydroxylation is 2. The smallest absolute Gasteiger partial charge is 0.255 e. The standard InChI is InChI=1S/C19H24N2O3S/c1-4-5-12-20-25(23,24)17-10-8-16(9-11-17)19(22)21-18-13-14(2)6-7-15(18)3/h6-11,13,20H,4-5,12H2,1-3H3,(H,21,22). The van der Waals surface area contributed by atoms with Crippen molar-refractivity contribution in [3.05, 3.63) is 59.2 Å². The van der Waals surface area contributed by atoms with Crippen molar-refractivity contribution in [3.63, 3.8) is 0 Å². The van der Waals surface area contributed by atoms with Gasteiger partial charge in [0.2, 0.25) is 10.0 Å². The number of anilines is 1. The van der Waals surface area contributed by atoms with Crippen LogP contribution in [0.2, 0.25) is 0 Å². The van der Waals surface area contributed by atoms with Crippen molar-refractivity contribution in [1.29, 1.82) is 0 Å². The second-order valence-corrected chi connectivity index (χ2v) is 7.82. The lowest BCUT2D eigenvalue weighted by atomic mass is 10.1. The molecule has 5 nitrogen and oxygen atoms in total. The van der Waals surface area contributed by atoms with Gasteiger partial charge in [-0.05, 0) is 61.7 Å². The molecule has 0 bridgehead atoms. The highest BCUT2D eigenvalue weighted by Gasteiger charge is 2.14. The summed E-state index contributed by atoms with van der Waals surface area (Å²) in [5.74, 6) is -0.267. The van der Waals surface area contributed by atoms with Crippen molar-refractivity contribution in [1.82, 2.24) is 4.72 Å². The minimum atomic E-state index is -3.53. The molecule has 0 radical (unpaired) electrons. The van der Waals surface area contributed by atoms with E-state index in [4.69, 9.17) is 0 Å². The van der Waals surface area contributed by atoms with Gasteiger partial charge >= 0.3 is 0 Å². The molecule has 0 spiro atoms. The van der Waals surface area contributed by atoms with Gasteiger partial charge in [-0.15, -0.1) is 0 Å². The molecule has 0 saturated carbocycles. The van der Waals surface area contributed by atoms with Crippen molar-refractivity contribution in [2.45, 2.75) is 38.5 Å². The number of nitrogens with one attached hydrogen (secondary N) is 2. The fourth-order valence-corrected chi connectivity index (χ4v) is 3.39. The van der Waals surface area contributed by atoms with E-state index in [9.17, 15) is 13.2 Å². The average Bonchev–Trinajstić information content (AvgIpc) is 2.58. The maximum absolute atomic E-state index is 12.4. The maximum atomic E-state index is 12.4. The van der Waals surface area contributed by atoms with Crippen LogP contribution in [0.4, 0.5) is 5.69 Å². The number of sulfonamides is 1. The lowest BCUT2D eigenvalue weighted by Gasteiger charge is -2.10. The summed E-state index contributed by atoms with van der Waals surface area (Å²) in [7, 11) is -3.53. The zero-order valence-corrected chi connectivity index (χ0v) is 15.6. The minimum Gasteiger partial charge on any atom is -0.322 e.